The summed E-state index contributed by atoms with van der Waals surface area (Å²) in [6, 6.07) is 9.44. The minimum absolute atomic E-state index is 0.518. The van der Waals surface area contributed by atoms with Crippen molar-refractivity contribution in [2.24, 2.45) is 5.92 Å². The largest absolute Gasteiger partial charge is 0.381 e. The molecule has 3 heteroatoms. The highest BCUT2D eigenvalue weighted by Crippen LogP contribution is 2.24. The SMILES string of the molecule is CC(C)NCc1cccc2c1ccn2CC1CCOCC1. The Bertz CT molecular complexity index is 582. The zero-order chi connectivity index (χ0) is 14.7. The third-order valence-corrected chi connectivity index (χ3v) is 4.40. The zero-order valence-corrected chi connectivity index (χ0v) is 13.1. The van der Waals surface area contributed by atoms with E-state index >= 15 is 0 Å². The van der Waals surface area contributed by atoms with Crippen molar-refractivity contribution in [3.63, 3.8) is 0 Å². The Balaban J connectivity index is 1.79. The third-order valence-electron chi connectivity index (χ3n) is 4.40. The maximum atomic E-state index is 5.46. The van der Waals surface area contributed by atoms with Gasteiger partial charge in [0.25, 0.3) is 0 Å². The molecule has 0 amide bonds. The first-order valence-electron chi connectivity index (χ1n) is 8.12. The van der Waals surface area contributed by atoms with E-state index in [4.69, 9.17) is 4.74 Å². The molecule has 1 aromatic carbocycles. The molecule has 21 heavy (non-hydrogen) atoms. The molecule has 1 saturated heterocycles. The van der Waals surface area contributed by atoms with Crippen LogP contribution in [0, 0.1) is 5.92 Å². The van der Waals surface area contributed by atoms with Gasteiger partial charge in [-0.05, 0) is 36.5 Å². The molecule has 1 aromatic heterocycles. The van der Waals surface area contributed by atoms with Gasteiger partial charge in [-0.25, -0.2) is 0 Å². The Morgan fingerprint density at radius 2 is 2.05 bits per heavy atom. The molecule has 0 atom stereocenters. The molecule has 0 spiro atoms. The van der Waals surface area contributed by atoms with Crippen LogP contribution in [0.3, 0.4) is 0 Å². The fraction of sp³-hybridized carbons (Fsp3) is 0.556. The first-order valence-corrected chi connectivity index (χ1v) is 8.12. The van der Waals surface area contributed by atoms with Crippen LogP contribution in [0.4, 0.5) is 0 Å². The van der Waals surface area contributed by atoms with Crippen LogP contribution in [0.1, 0.15) is 32.3 Å². The van der Waals surface area contributed by atoms with E-state index in [2.05, 4.69) is 54.2 Å². The summed E-state index contributed by atoms with van der Waals surface area (Å²) >= 11 is 0. The van der Waals surface area contributed by atoms with Crippen molar-refractivity contribution < 1.29 is 4.74 Å². The summed E-state index contributed by atoms with van der Waals surface area (Å²) in [5.74, 6) is 0.756. The lowest BCUT2D eigenvalue weighted by molar-refractivity contribution is 0.0616. The van der Waals surface area contributed by atoms with Crippen molar-refractivity contribution in [1.82, 2.24) is 9.88 Å². The molecule has 0 bridgehead atoms. The molecule has 1 fully saturated rings. The molecular formula is C18H26N2O. The van der Waals surface area contributed by atoms with E-state index in [9.17, 15) is 0 Å². The summed E-state index contributed by atoms with van der Waals surface area (Å²) in [7, 11) is 0. The van der Waals surface area contributed by atoms with E-state index in [-0.39, 0.29) is 0 Å². The standard InChI is InChI=1S/C18H26N2O/c1-14(2)19-12-16-4-3-5-18-17(16)6-9-20(18)13-15-7-10-21-11-8-15/h3-6,9,14-15,19H,7-8,10-13H2,1-2H3. The van der Waals surface area contributed by atoms with Crippen molar-refractivity contribution >= 4 is 10.9 Å². The highest BCUT2D eigenvalue weighted by molar-refractivity contribution is 5.83. The van der Waals surface area contributed by atoms with Gasteiger partial charge in [0.15, 0.2) is 0 Å². The molecule has 3 nitrogen and oxygen atoms in total. The van der Waals surface area contributed by atoms with Gasteiger partial charge in [0.1, 0.15) is 0 Å². The molecule has 0 saturated carbocycles. The number of nitrogens with one attached hydrogen (secondary N) is 1. The number of aromatic nitrogens is 1. The number of fused-ring (bicyclic) bond motifs is 1. The van der Waals surface area contributed by atoms with Crippen LogP contribution in [0.2, 0.25) is 0 Å². The highest BCUT2D eigenvalue weighted by Gasteiger charge is 2.15. The van der Waals surface area contributed by atoms with Crippen LogP contribution in [0.25, 0.3) is 10.9 Å². The number of hydrogen-bond acceptors (Lipinski definition) is 2. The Morgan fingerprint density at radius 3 is 2.81 bits per heavy atom. The van der Waals surface area contributed by atoms with Gasteiger partial charge in [-0.15, -0.1) is 0 Å². The normalized spacial score (nSPS) is 16.9. The molecular weight excluding hydrogens is 260 g/mol. The van der Waals surface area contributed by atoms with E-state index in [0.717, 1.165) is 32.2 Å². The maximum absolute atomic E-state index is 5.46. The Morgan fingerprint density at radius 1 is 1.24 bits per heavy atom. The van der Waals surface area contributed by atoms with E-state index in [1.807, 2.05) is 0 Å². The van der Waals surface area contributed by atoms with E-state index < -0.39 is 0 Å². The lowest BCUT2D eigenvalue weighted by atomic mass is 10.0. The van der Waals surface area contributed by atoms with Gasteiger partial charge < -0.3 is 14.6 Å². The average molecular weight is 286 g/mol. The van der Waals surface area contributed by atoms with Crippen molar-refractivity contribution in [3.05, 3.63) is 36.0 Å². The predicted octanol–water partition coefficient (Wildman–Crippen LogP) is 3.57. The summed E-state index contributed by atoms with van der Waals surface area (Å²) < 4.78 is 7.88. The first-order chi connectivity index (χ1) is 10.2. The zero-order valence-electron chi connectivity index (χ0n) is 13.1. The van der Waals surface area contributed by atoms with Gasteiger partial charge in [-0.3, -0.25) is 0 Å². The second kappa shape index (κ2) is 6.63. The lowest BCUT2D eigenvalue weighted by Gasteiger charge is -2.22. The van der Waals surface area contributed by atoms with Crippen LogP contribution < -0.4 is 5.32 Å². The lowest BCUT2D eigenvalue weighted by Crippen LogP contribution is -2.22. The molecule has 1 N–H and O–H groups in total. The van der Waals surface area contributed by atoms with Gasteiger partial charge in [0.05, 0.1) is 0 Å². The quantitative estimate of drug-likeness (QED) is 0.909. The van der Waals surface area contributed by atoms with Crippen molar-refractivity contribution in [2.75, 3.05) is 13.2 Å². The molecule has 1 aliphatic rings. The summed E-state index contributed by atoms with van der Waals surface area (Å²) in [5, 5.41) is 4.91. The molecule has 0 radical (unpaired) electrons. The van der Waals surface area contributed by atoms with Crippen LogP contribution >= 0.6 is 0 Å². The van der Waals surface area contributed by atoms with Gasteiger partial charge in [0.2, 0.25) is 0 Å². The average Bonchev–Trinajstić information content (AvgIpc) is 2.90. The number of benzene rings is 1. The highest BCUT2D eigenvalue weighted by atomic mass is 16.5. The Hall–Kier alpha value is -1.32. The fourth-order valence-electron chi connectivity index (χ4n) is 3.12. The van der Waals surface area contributed by atoms with E-state index in [1.165, 1.54) is 29.3 Å². The van der Waals surface area contributed by atoms with E-state index in [0.29, 0.717) is 6.04 Å². The van der Waals surface area contributed by atoms with Gasteiger partial charge >= 0.3 is 0 Å². The van der Waals surface area contributed by atoms with Gasteiger partial charge in [-0.1, -0.05) is 26.0 Å². The minimum Gasteiger partial charge on any atom is -0.381 e. The molecule has 114 valence electrons. The molecule has 2 heterocycles. The topological polar surface area (TPSA) is 26.2 Å². The fourth-order valence-corrected chi connectivity index (χ4v) is 3.12. The van der Waals surface area contributed by atoms with Crippen molar-refractivity contribution in [3.8, 4) is 0 Å². The molecule has 0 aliphatic carbocycles. The smallest absolute Gasteiger partial charge is 0.0483 e. The van der Waals surface area contributed by atoms with Gasteiger partial charge in [0, 0.05) is 49.4 Å². The number of rotatable bonds is 5. The molecule has 3 rings (SSSR count). The summed E-state index contributed by atoms with van der Waals surface area (Å²) in [6.45, 7) is 8.29. The second-order valence-electron chi connectivity index (χ2n) is 6.41. The van der Waals surface area contributed by atoms with Crippen LogP contribution in [0.5, 0.6) is 0 Å². The van der Waals surface area contributed by atoms with Gasteiger partial charge in [-0.2, -0.15) is 0 Å². The van der Waals surface area contributed by atoms with E-state index in [1.54, 1.807) is 0 Å². The second-order valence-corrected chi connectivity index (χ2v) is 6.41. The first kappa shape index (κ1) is 14.6. The third kappa shape index (κ3) is 3.47. The summed E-state index contributed by atoms with van der Waals surface area (Å²) in [6.07, 6.45) is 4.63. The molecule has 1 aliphatic heterocycles. The maximum Gasteiger partial charge on any atom is 0.0483 e. The number of nitrogens with zero attached hydrogens (tertiary/aromatic N) is 1. The summed E-state index contributed by atoms with van der Waals surface area (Å²) in [4.78, 5) is 0. The van der Waals surface area contributed by atoms with Crippen LogP contribution in [-0.4, -0.2) is 23.8 Å². The number of hydrogen-bond donors (Lipinski definition) is 1. The van der Waals surface area contributed by atoms with Crippen LogP contribution in [0.15, 0.2) is 30.5 Å². The number of ether oxygens (including phenoxy) is 1. The Kier molecular flexibility index (Phi) is 4.61. The van der Waals surface area contributed by atoms with Crippen LogP contribution in [-0.2, 0) is 17.8 Å². The Labute approximate surface area is 127 Å². The van der Waals surface area contributed by atoms with Crippen molar-refractivity contribution in [2.45, 2.75) is 45.8 Å². The molecule has 2 aromatic rings. The summed E-state index contributed by atoms with van der Waals surface area (Å²) in [5.41, 5.74) is 2.76. The monoisotopic (exact) mass is 286 g/mol. The minimum atomic E-state index is 0.518. The molecule has 0 unspecified atom stereocenters. The van der Waals surface area contributed by atoms with Crippen molar-refractivity contribution in [1.29, 1.82) is 0 Å². The predicted molar refractivity (Wildman–Crippen MR) is 87.5 cm³/mol.